The van der Waals surface area contributed by atoms with Gasteiger partial charge in [0.2, 0.25) is 15.9 Å². The van der Waals surface area contributed by atoms with E-state index in [2.05, 4.69) is 4.72 Å². The number of anilines is 1. The maximum Gasteiger partial charge on any atom is 0.409 e. The molecule has 0 spiro atoms. The molecule has 30 heavy (non-hydrogen) atoms. The lowest BCUT2D eigenvalue weighted by Crippen LogP contribution is -2.49. The summed E-state index contributed by atoms with van der Waals surface area (Å²) in [4.78, 5) is 27.1. The van der Waals surface area contributed by atoms with Gasteiger partial charge < -0.3 is 19.3 Å². The molecule has 1 fully saturated rings. The number of fused-ring (bicyclic) bond motifs is 1. The topological polar surface area (TPSA) is 105 Å². The minimum atomic E-state index is -3.80. The summed E-state index contributed by atoms with van der Waals surface area (Å²) in [5, 5.41) is 0. The van der Waals surface area contributed by atoms with Crippen LogP contribution >= 0.6 is 0 Å². The number of likely N-dealkylation sites (tertiary alicyclic amines) is 1. The number of nitrogens with zero attached hydrogens (tertiary/aromatic N) is 2. The number of sulfonamides is 1. The van der Waals surface area contributed by atoms with Crippen molar-refractivity contribution < 1.29 is 27.5 Å². The molecule has 0 unspecified atom stereocenters. The van der Waals surface area contributed by atoms with Crippen LogP contribution in [0.3, 0.4) is 0 Å². The number of hydrogen-bond acceptors (Lipinski definition) is 6. The molecule has 0 aromatic heterocycles. The first-order valence-corrected chi connectivity index (χ1v) is 11.6. The fraction of sp³-hybridized carbons (Fsp3) is 0.600. The van der Waals surface area contributed by atoms with Crippen LogP contribution in [0.25, 0.3) is 0 Å². The van der Waals surface area contributed by atoms with Gasteiger partial charge in [-0.25, -0.2) is 17.9 Å². The van der Waals surface area contributed by atoms with Crippen LogP contribution in [0, 0.1) is 0 Å². The zero-order chi connectivity index (χ0) is 22.1. The summed E-state index contributed by atoms with van der Waals surface area (Å²) >= 11 is 0. The van der Waals surface area contributed by atoms with E-state index >= 15 is 0 Å². The lowest BCUT2D eigenvalue weighted by Gasteiger charge is -2.39. The summed E-state index contributed by atoms with van der Waals surface area (Å²) in [5.74, 6) is 0.296. The molecule has 2 aliphatic rings. The second-order valence-corrected chi connectivity index (χ2v) is 9.89. The molecule has 2 aliphatic heterocycles. The number of piperidine rings is 1. The minimum Gasteiger partial charge on any atom is -0.484 e. The molecule has 10 heteroatoms. The summed E-state index contributed by atoms with van der Waals surface area (Å²) in [5.41, 5.74) is -0.119. The number of rotatable bonds is 4. The first kappa shape index (κ1) is 22.4. The summed E-state index contributed by atoms with van der Waals surface area (Å²) in [6.07, 6.45) is 0.625. The van der Waals surface area contributed by atoms with Crippen molar-refractivity contribution in [1.29, 1.82) is 0 Å². The zero-order valence-electron chi connectivity index (χ0n) is 17.8. The monoisotopic (exact) mass is 439 g/mol. The Morgan fingerprint density at radius 2 is 1.93 bits per heavy atom. The van der Waals surface area contributed by atoms with Gasteiger partial charge in [-0.2, -0.15) is 0 Å². The van der Waals surface area contributed by atoms with Crippen molar-refractivity contribution in [3.05, 3.63) is 18.2 Å². The van der Waals surface area contributed by atoms with Gasteiger partial charge in [-0.1, -0.05) is 0 Å². The molecule has 2 heterocycles. The molecular weight excluding hydrogens is 410 g/mol. The van der Waals surface area contributed by atoms with Gasteiger partial charge in [0.15, 0.2) is 0 Å². The number of hydrogen-bond donors (Lipinski definition) is 1. The number of benzene rings is 1. The van der Waals surface area contributed by atoms with Crippen molar-refractivity contribution in [3.63, 3.8) is 0 Å². The number of nitrogens with one attached hydrogen (secondary N) is 1. The number of carbonyl (C=O) groups is 2. The second-order valence-electron chi connectivity index (χ2n) is 8.18. The number of carbonyl (C=O) groups excluding carboxylic acids is 2. The molecule has 0 saturated carbocycles. The Morgan fingerprint density at radius 3 is 2.53 bits per heavy atom. The minimum absolute atomic E-state index is 0.0728. The molecule has 3 rings (SSSR count). The molecule has 1 aromatic carbocycles. The van der Waals surface area contributed by atoms with E-state index in [0.29, 0.717) is 50.5 Å². The highest BCUT2D eigenvalue weighted by Gasteiger charge is 2.35. The number of ether oxygens (including phenoxy) is 2. The Morgan fingerprint density at radius 1 is 1.27 bits per heavy atom. The van der Waals surface area contributed by atoms with Crippen molar-refractivity contribution in [2.24, 2.45) is 0 Å². The molecule has 166 valence electrons. The molecule has 0 radical (unpaired) electrons. The Hall–Kier alpha value is -2.33. The van der Waals surface area contributed by atoms with Gasteiger partial charge >= 0.3 is 6.09 Å². The predicted octanol–water partition coefficient (Wildman–Crippen LogP) is 2.11. The quantitative estimate of drug-likeness (QED) is 0.770. The zero-order valence-corrected chi connectivity index (χ0v) is 18.6. The van der Waals surface area contributed by atoms with Crippen molar-refractivity contribution >= 4 is 27.7 Å². The van der Waals surface area contributed by atoms with Crippen molar-refractivity contribution in [1.82, 2.24) is 9.62 Å². The SMILES string of the molecule is CCOC(=O)N1CCC(NS(=O)(=O)c2ccc3c(c2)N(C(C)=O)CC(C)(C)O3)CC1. The van der Waals surface area contributed by atoms with E-state index in [1.54, 1.807) is 17.9 Å². The first-order valence-electron chi connectivity index (χ1n) is 10.1. The van der Waals surface area contributed by atoms with Crippen molar-refractivity contribution in [2.75, 3.05) is 31.1 Å². The van der Waals surface area contributed by atoms with Crippen LogP contribution in [0.5, 0.6) is 5.75 Å². The summed E-state index contributed by atoms with van der Waals surface area (Å²) in [6.45, 7) is 8.44. The molecule has 0 bridgehead atoms. The highest BCUT2D eigenvalue weighted by molar-refractivity contribution is 7.89. The fourth-order valence-corrected chi connectivity index (χ4v) is 5.05. The lowest BCUT2D eigenvalue weighted by atomic mass is 10.1. The van der Waals surface area contributed by atoms with E-state index < -0.39 is 15.6 Å². The van der Waals surface area contributed by atoms with Crippen LogP contribution in [0.15, 0.2) is 23.1 Å². The fourth-order valence-electron chi connectivity index (χ4n) is 3.72. The van der Waals surface area contributed by atoms with E-state index in [1.165, 1.54) is 24.0 Å². The van der Waals surface area contributed by atoms with Crippen molar-refractivity contribution in [2.45, 2.75) is 57.1 Å². The molecule has 1 aromatic rings. The van der Waals surface area contributed by atoms with Gasteiger partial charge in [-0.15, -0.1) is 0 Å². The molecule has 9 nitrogen and oxygen atoms in total. The molecule has 1 saturated heterocycles. The maximum atomic E-state index is 12.9. The summed E-state index contributed by atoms with van der Waals surface area (Å²) in [6, 6.07) is 4.26. The molecule has 1 N–H and O–H groups in total. The van der Waals surface area contributed by atoms with Gasteiger partial charge in [0.05, 0.1) is 23.7 Å². The Balaban J connectivity index is 1.74. The third kappa shape index (κ3) is 4.86. The standard InChI is InChI=1S/C20H29N3O6S/c1-5-28-19(25)22-10-8-15(9-11-22)21-30(26,27)16-6-7-18-17(12-16)23(14(2)24)13-20(3,4)29-18/h6-7,12,15,21H,5,8-11,13H2,1-4H3. The van der Waals surface area contributed by atoms with Crippen LogP contribution in [0.4, 0.5) is 10.5 Å². The van der Waals surface area contributed by atoms with Crippen LogP contribution in [0.1, 0.15) is 40.5 Å². The first-order chi connectivity index (χ1) is 14.0. The van der Waals surface area contributed by atoms with Gasteiger partial charge in [-0.3, -0.25) is 4.79 Å². The Bertz CT molecular complexity index is 922. The maximum absolute atomic E-state index is 12.9. The van der Waals surface area contributed by atoms with E-state index in [1.807, 2.05) is 13.8 Å². The average molecular weight is 440 g/mol. The normalized spacial score (nSPS) is 19.1. The summed E-state index contributed by atoms with van der Waals surface area (Å²) in [7, 11) is -3.80. The van der Waals surface area contributed by atoms with Crippen LogP contribution in [-0.2, 0) is 19.6 Å². The van der Waals surface area contributed by atoms with Gasteiger partial charge in [0.1, 0.15) is 11.4 Å². The second kappa shape index (κ2) is 8.43. The molecular formula is C20H29N3O6S. The molecule has 2 amide bonds. The lowest BCUT2D eigenvalue weighted by molar-refractivity contribution is -0.117. The summed E-state index contributed by atoms with van der Waals surface area (Å²) < 4.78 is 39.5. The van der Waals surface area contributed by atoms with E-state index in [9.17, 15) is 18.0 Å². The molecule has 0 aliphatic carbocycles. The average Bonchev–Trinajstić information content (AvgIpc) is 2.66. The van der Waals surface area contributed by atoms with Crippen LogP contribution < -0.4 is 14.4 Å². The largest absolute Gasteiger partial charge is 0.484 e. The third-order valence-electron chi connectivity index (χ3n) is 5.18. The third-order valence-corrected chi connectivity index (χ3v) is 6.70. The molecule has 0 atom stereocenters. The highest BCUT2D eigenvalue weighted by Crippen LogP contribution is 2.38. The Labute approximate surface area is 177 Å². The van der Waals surface area contributed by atoms with E-state index in [4.69, 9.17) is 9.47 Å². The van der Waals surface area contributed by atoms with Gasteiger partial charge in [0, 0.05) is 26.1 Å². The van der Waals surface area contributed by atoms with Crippen LogP contribution in [0.2, 0.25) is 0 Å². The smallest absolute Gasteiger partial charge is 0.409 e. The van der Waals surface area contributed by atoms with Gasteiger partial charge in [-0.05, 0) is 51.8 Å². The van der Waals surface area contributed by atoms with E-state index in [0.717, 1.165) is 0 Å². The van der Waals surface area contributed by atoms with Crippen LogP contribution in [-0.4, -0.2) is 63.2 Å². The number of amides is 2. The Kier molecular flexibility index (Phi) is 6.28. The van der Waals surface area contributed by atoms with E-state index in [-0.39, 0.29) is 22.9 Å². The highest BCUT2D eigenvalue weighted by atomic mass is 32.2. The predicted molar refractivity (Wildman–Crippen MR) is 111 cm³/mol. The van der Waals surface area contributed by atoms with Crippen molar-refractivity contribution in [3.8, 4) is 5.75 Å². The van der Waals surface area contributed by atoms with Gasteiger partial charge in [0.25, 0.3) is 0 Å².